The number of amides is 1. The number of halogens is 1. The lowest BCUT2D eigenvalue weighted by Crippen LogP contribution is -2.31. The van der Waals surface area contributed by atoms with Crippen molar-refractivity contribution in [1.29, 1.82) is 0 Å². The van der Waals surface area contributed by atoms with E-state index in [1.165, 1.54) is 18.4 Å². The summed E-state index contributed by atoms with van der Waals surface area (Å²) in [6.07, 6.45) is 2.10. The summed E-state index contributed by atoms with van der Waals surface area (Å²) in [5, 5.41) is 3.42. The molecule has 0 saturated heterocycles. The summed E-state index contributed by atoms with van der Waals surface area (Å²) in [5.74, 6) is 0.00220. The zero-order valence-electron chi connectivity index (χ0n) is 15.8. The number of carbonyl (C=O) groups is 2. The van der Waals surface area contributed by atoms with Gasteiger partial charge in [0, 0.05) is 9.35 Å². The number of carbonyl (C=O) groups excluding carboxylic acids is 2. The van der Waals surface area contributed by atoms with E-state index < -0.39 is 12.1 Å². The molecule has 3 rings (SSSR count). The molecule has 144 valence electrons. The maximum absolute atomic E-state index is 12.7. The van der Waals surface area contributed by atoms with Gasteiger partial charge in [-0.25, -0.2) is 4.79 Å². The molecule has 1 aromatic carbocycles. The molecule has 7 heteroatoms. The molecule has 1 aliphatic rings. The quantitative estimate of drug-likeness (QED) is 0.662. The number of rotatable bonds is 5. The minimum atomic E-state index is -0.703. The van der Waals surface area contributed by atoms with Crippen molar-refractivity contribution in [1.82, 2.24) is 0 Å². The highest BCUT2D eigenvalue weighted by Crippen LogP contribution is 2.39. The van der Waals surface area contributed by atoms with Crippen molar-refractivity contribution in [3.63, 3.8) is 0 Å². The van der Waals surface area contributed by atoms with Crippen molar-refractivity contribution in [3.05, 3.63) is 43.7 Å². The van der Waals surface area contributed by atoms with Crippen LogP contribution in [-0.2, 0) is 22.4 Å². The Morgan fingerprint density at radius 2 is 1.89 bits per heavy atom. The maximum Gasteiger partial charge on any atom is 0.341 e. The summed E-state index contributed by atoms with van der Waals surface area (Å²) in [4.78, 5) is 26.1. The van der Waals surface area contributed by atoms with Crippen LogP contribution in [-0.4, -0.2) is 25.1 Å². The molecule has 0 fully saturated rings. The van der Waals surface area contributed by atoms with Crippen molar-refractivity contribution in [2.24, 2.45) is 0 Å². The van der Waals surface area contributed by atoms with E-state index in [0.717, 1.165) is 45.3 Å². The van der Waals surface area contributed by atoms with Crippen molar-refractivity contribution in [2.45, 2.75) is 46.1 Å². The first kappa shape index (κ1) is 19.9. The van der Waals surface area contributed by atoms with Gasteiger partial charge in [0.2, 0.25) is 0 Å². The number of methoxy groups -OCH3 is 1. The number of esters is 1. The first-order valence-electron chi connectivity index (χ1n) is 8.79. The minimum absolute atomic E-state index is 0.290. The molecule has 0 saturated carbocycles. The third kappa shape index (κ3) is 4.04. The fraction of sp³-hybridized carbons (Fsp3) is 0.400. The SMILES string of the molecule is COC(=O)c1c(NC(=O)C(C)Oc2c(C)cc(Br)cc2C)sc2c1CCC2. The number of nitrogens with one attached hydrogen (secondary N) is 1. The van der Waals surface area contributed by atoms with Crippen LogP contribution in [0.2, 0.25) is 0 Å². The fourth-order valence-corrected chi connectivity index (χ4v) is 5.30. The fourth-order valence-electron chi connectivity index (χ4n) is 3.34. The molecule has 1 aromatic heterocycles. The van der Waals surface area contributed by atoms with E-state index in [1.807, 2.05) is 26.0 Å². The molecule has 2 aromatic rings. The van der Waals surface area contributed by atoms with E-state index >= 15 is 0 Å². The lowest BCUT2D eigenvalue weighted by Gasteiger charge is -2.18. The molecule has 0 aliphatic heterocycles. The van der Waals surface area contributed by atoms with Crippen LogP contribution in [0.25, 0.3) is 0 Å². The van der Waals surface area contributed by atoms with Gasteiger partial charge in [-0.2, -0.15) is 0 Å². The van der Waals surface area contributed by atoms with E-state index in [4.69, 9.17) is 9.47 Å². The first-order chi connectivity index (χ1) is 12.8. The molecule has 1 atom stereocenters. The molecule has 1 N–H and O–H groups in total. The summed E-state index contributed by atoms with van der Waals surface area (Å²) in [6, 6.07) is 3.90. The van der Waals surface area contributed by atoms with Crippen molar-refractivity contribution in [3.8, 4) is 5.75 Å². The van der Waals surface area contributed by atoms with Gasteiger partial charge in [-0.05, 0) is 68.9 Å². The topological polar surface area (TPSA) is 64.6 Å². The molecular formula is C20H22BrNO4S. The number of thiophene rings is 1. The van der Waals surface area contributed by atoms with Crippen LogP contribution in [0, 0.1) is 13.8 Å². The molecule has 1 unspecified atom stereocenters. The Kier molecular flexibility index (Phi) is 5.91. The van der Waals surface area contributed by atoms with Gasteiger partial charge in [0.25, 0.3) is 5.91 Å². The predicted octanol–water partition coefficient (Wildman–Crippen LogP) is 4.81. The monoisotopic (exact) mass is 451 g/mol. The molecule has 5 nitrogen and oxygen atoms in total. The number of anilines is 1. The molecule has 1 amide bonds. The molecule has 0 spiro atoms. The third-order valence-corrected chi connectivity index (χ3v) is 6.30. The maximum atomic E-state index is 12.7. The van der Waals surface area contributed by atoms with Gasteiger partial charge in [0.15, 0.2) is 6.10 Å². The Labute approximate surface area is 171 Å². The number of ether oxygens (including phenoxy) is 2. The molecular weight excluding hydrogens is 430 g/mol. The number of benzene rings is 1. The van der Waals surface area contributed by atoms with Crippen LogP contribution < -0.4 is 10.1 Å². The smallest absolute Gasteiger partial charge is 0.341 e. The molecule has 0 bridgehead atoms. The zero-order valence-corrected chi connectivity index (χ0v) is 18.2. The Morgan fingerprint density at radius 1 is 1.22 bits per heavy atom. The third-order valence-electron chi connectivity index (χ3n) is 4.64. The van der Waals surface area contributed by atoms with Crippen molar-refractivity contribution >= 4 is 44.1 Å². The second-order valence-electron chi connectivity index (χ2n) is 6.67. The summed E-state index contributed by atoms with van der Waals surface area (Å²) >= 11 is 4.92. The number of hydrogen-bond acceptors (Lipinski definition) is 5. The summed E-state index contributed by atoms with van der Waals surface area (Å²) in [5.41, 5.74) is 3.40. The second kappa shape index (κ2) is 8.02. The van der Waals surface area contributed by atoms with Crippen molar-refractivity contribution < 1.29 is 19.1 Å². The lowest BCUT2D eigenvalue weighted by atomic mass is 10.1. The largest absolute Gasteiger partial charge is 0.480 e. The van der Waals surface area contributed by atoms with Gasteiger partial charge >= 0.3 is 5.97 Å². The normalized spacial score (nSPS) is 13.8. The van der Waals surface area contributed by atoms with Gasteiger partial charge in [-0.3, -0.25) is 4.79 Å². The van der Waals surface area contributed by atoms with Gasteiger partial charge in [-0.15, -0.1) is 11.3 Å². The van der Waals surface area contributed by atoms with Crippen LogP contribution in [0.4, 0.5) is 5.00 Å². The van der Waals surface area contributed by atoms with E-state index in [1.54, 1.807) is 6.92 Å². The van der Waals surface area contributed by atoms with Gasteiger partial charge in [0.1, 0.15) is 10.8 Å². The van der Waals surface area contributed by atoms with Gasteiger partial charge in [0.05, 0.1) is 12.7 Å². The Bertz CT molecular complexity index is 883. The van der Waals surface area contributed by atoms with Crippen molar-refractivity contribution in [2.75, 3.05) is 12.4 Å². The minimum Gasteiger partial charge on any atom is -0.480 e. The van der Waals surface area contributed by atoms with Crippen LogP contribution >= 0.6 is 27.3 Å². The first-order valence-corrected chi connectivity index (χ1v) is 10.4. The van der Waals surface area contributed by atoms with E-state index in [2.05, 4.69) is 21.2 Å². The standard InChI is InChI=1S/C20H22BrNO4S/c1-10-8-13(21)9-11(2)17(10)26-12(3)18(23)22-19-16(20(24)25-4)14-6-5-7-15(14)27-19/h8-9,12H,5-7H2,1-4H3,(H,22,23). The molecule has 0 radical (unpaired) electrons. The van der Waals surface area contributed by atoms with E-state index in [0.29, 0.717) is 16.3 Å². The van der Waals surface area contributed by atoms with Gasteiger partial charge < -0.3 is 14.8 Å². The molecule has 1 aliphatic carbocycles. The average Bonchev–Trinajstić information content (AvgIpc) is 3.17. The highest BCUT2D eigenvalue weighted by Gasteiger charge is 2.29. The van der Waals surface area contributed by atoms with Crippen LogP contribution in [0.3, 0.4) is 0 Å². The highest BCUT2D eigenvalue weighted by molar-refractivity contribution is 9.10. The Morgan fingerprint density at radius 3 is 2.52 bits per heavy atom. The van der Waals surface area contributed by atoms with Crippen LogP contribution in [0.5, 0.6) is 5.75 Å². The predicted molar refractivity (Wildman–Crippen MR) is 110 cm³/mol. The molecule has 1 heterocycles. The summed E-state index contributed by atoms with van der Waals surface area (Å²) < 4.78 is 11.8. The highest BCUT2D eigenvalue weighted by atomic mass is 79.9. The Hall–Kier alpha value is -1.86. The van der Waals surface area contributed by atoms with Gasteiger partial charge in [-0.1, -0.05) is 15.9 Å². The average molecular weight is 452 g/mol. The lowest BCUT2D eigenvalue weighted by molar-refractivity contribution is -0.122. The summed E-state index contributed by atoms with van der Waals surface area (Å²) in [6.45, 7) is 5.59. The number of aryl methyl sites for hydroxylation is 3. The zero-order chi connectivity index (χ0) is 19.7. The second-order valence-corrected chi connectivity index (χ2v) is 8.69. The Balaban J connectivity index is 1.79. The number of fused-ring (bicyclic) bond motifs is 1. The van der Waals surface area contributed by atoms with Crippen LogP contribution in [0.1, 0.15) is 45.3 Å². The van der Waals surface area contributed by atoms with Crippen LogP contribution in [0.15, 0.2) is 16.6 Å². The number of hydrogen-bond donors (Lipinski definition) is 1. The van der Waals surface area contributed by atoms with E-state index in [-0.39, 0.29) is 5.91 Å². The molecule has 27 heavy (non-hydrogen) atoms. The summed E-state index contributed by atoms with van der Waals surface area (Å²) in [7, 11) is 1.36. The van der Waals surface area contributed by atoms with E-state index in [9.17, 15) is 9.59 Å².